The number of aromatic nitrogens is 1. The number of anilines is 1. The Bertz CT molecular complexity index is 727. The molecule has 1 aromatic heterocycles. The number of nitrogens with one attached hydrogen (secondary N) is 2. The number of ether oxygens (including phenoxy) is 2. The SMILES string of the molecule is Cc1cnc(C(C)(C)NC(=O)Nc2ccc3c(c2)OCCO3)s1. The smallest absolute Gasteiger partial charge is 0.319 e. The third kappa shape index (κ3) is 3.56. The number of aryl methyl sites for hydroxylation is 1. The number of thiazole rings is 1. The summed E-state index contributed by atoms with van der Waals surface area (Å²) >= 11 is 1.57. The minimum Gasteiger partial charge on any atom is -0.486 e. The van der Waals surface area contributed by atoms with Gasteiger partial charge in [-0.25, -0.2) is 9.78 Å². The molecule has 2 aromatic rings. The Morgan fingerprint density at radius 2 is 2.00 bits per heavy atom. The lowest BCUT2D eigenvalue weighted by atomic mass is 10.1. The molecule has 0 saturated carbocycles. The average Bonchev–Trinajstić information content (AvgIpc) is 2.94. The van der Waals surface area contributed by atoms with E-state index in [0.29, 0.717) is 30.4 Å². The van der Waals surface area contributed by atoms with Gasteiger partial charge >= 0.3 is 6.03 Å². The fourth-order valence-corrected chi connectivity index (χ4v) is 3.09. The molecule has 122 valence electrons. The molecule has 0 spiro atoms. The van der Waals surface area contributed by atoms with Crippen LogP contribution in [0.5, 0.6) is 11.5 Å². The van der Waals surface area contributed by atoms with E-state index in [9.17, 15) is 4.79 Å². The highest BCUT2D eigenvalue weighted by Crippen LogP contribution is 2.32. The monoisotopic (exact) mass is 333 g/mol. The van der Waals surface area contributed by atoms with Crippen LogP contribution in [-0.4, -0.2) is 24.2 Å². The van der Waals surface area contributed by atoms with Crippen LogP contribution >= 0.6 is 11.3 Å². The van der Waals surface area contributed by atoms with Gasteiger partial charge in [-0.3, -0.25) is 0 Å². The standard InChI is InChI=1S/C16H19N3O3S/c1-10-9-17-14(23-10)16(2,3)19-15(20)18-11-4-5-12-13(8-11)22-7-6-21-12/h4-5,8-9H,6-7H2,1-3H3,(H2,18,19,20). The molecule has 2 heterocycles. The third-order valence-corrected chi connectivity index (χ3v) is 4.62. The highest BCUT2D eigenvalue weighted by Gasteiger charge is 2.26. The number of urea groups is 1. The van der Waals surface area contributed by atoms with Gasteiger partial charge in [-0.1, -0.05) is 0 Å². The van der Waals surface area contributed by atoms with Gasteiger partial charge in [0.25, 0.3) is 0 Å². The first-order chi connectivity index (χ1) is 10.9. The van der Waals surface area contributed by atoms with E-state index in [4.69, 9.17) is 9.47 Å². The summed E-state index contributed by atoms with van der Waals surface area (Å²) in [5.41, 5.74) is 0.106. The zero-order valence-corrected chi connectivity index (χ0v) is 14.1. The second kappa shape index (κ2) is 6.08. The molecular formula is C16H19N3O3S. The lowest BCUT2D eigenvalue weighted by molar-refractivity contribution is 0.171. The highest BCUT2D eigenvalue weighted by molar-refractivity contribution is 7.11. The van der Waals surface area contributed by atoms with Gasteiger partial charge < -0.3 is 20.1 Å². The van der Waals surface area contributed by atoms with Crippen molar-refractivity contribution < 1.29 is 14.3 Å². The molecule has 1 aromatic carbocycles. The summed E-state index contributed by atoms with van der Waals surface area (Å²) < 4.78 is 11.0. The number of carbonyl (C=O) groups excluding carboxylic acids is 1. The van der Waals surface area contributed by atoms with Crippen LogP contribution in [0.2, 0.25) is 0 Å². The number of carbonyl (C=O) groups is 1. The Hall–Kier alpha value is -2.28. The Morgan fingerprint density at radius 1 is 1.26 bits per heavy atom. The molecule has 1 aliphatic heterocycles. The largest absolute Gasteiger partial charge is 0.486 e. The Labute approximate surface area is 138 Å². The van der Waals surface area contributed by atoms with Crippen molar-refractivity contribution in [2.24, 2.45) is 0 Å². The molecule has 2 amide bonds. The van der Waals surface area contributed by atoms with E-state index in [1.807, 2.05) is 27.0 Å². The Kier molecular flexibility index (Phi) is 4.12. The predicted octanol–water partition coefficient (Wildman–Crippen LogP) is 3.28. The number of hydrogen-bond donors (Lipinski definition) is 2. The quantitative estimate of drug-likeness (QED) is 0.904. The number of rotatable bonds is 3. The molecule has 1 aliphatic rings. The number of hydrogen-bond acceptors (Lipinski definition) is 5. The van der Waals surface area contributed by atoms with Gasteiger partial charge in [0, 0.05) is 22.8 Å². The molecule has 0 bridgehead atoms. The molecule has 2 N–H and O–H groups in total. The molecular weight excluding hydrogens is 314 g/mol. The topological polar surface area (TPSA) is 72.5 Å². The van der Waals surface area contributed by atoms with Crippen molar-refractivity contribution in [3.05, 3.63) is 34.3 Å². The van der Waals surface area contributed by atoms with Gasteiger partial charge in [0.15, 0.2) is 11.5 Å². The fourth-order valence-electron chi connectivity index (χ4n) is 2.26. The maximum atomic E-state index is 12.3. The molecule has 0 saturated heterocycles. The molecule has 7 heteroatoms. The average molecular weight is 333 g/mol. The van der Waals surface area contributed by atoms with Crippen molar-refractivity contribution in [2.45, 2.75) is 26.3 Å². The van der Waals surface area contributed by atoms with Crippen LogP contribution in [0.25, 0.3) is 0 Å². The molecule has 0 aliphatic carbocycles. The number of nitrogens with zero attached hydrogens (tertiary/aromatic N) is 1. The number of fused-ring (bicyclic) bond motifs is 1. The molecule has 23 heavy (non-hydrogen) atoms. The minimum atomic E-state index is -0.545. The van der Waals surface area contributed by atoms with Crippen molar-refractivity contribution in [3.63, 3.8) is 0 Å². The maximum absolute atomic E-state index is 12.3. The van der Waals surface area contributed by atoms with E-state index in [2.05, 4.69) is 15.6 Å². The van der Waals surface area contributed by atoms with E-state index < -0.39 is 5.54 Å². The molecule has 3 rings (SSSR count). The van der Waals surface area contributed by atoms with Crippen LogP contribution in [0, 0.1) is 6.92 Å². The van der Waals surface area contributed by atoms with Gasteiger partial charge in [0.1, 0.15) is 18.2 Å². The second-order valence-corrected chi connectivity index (χ2v) is 7.07. The van der Waals surface area contributed by atoms with E-state index in [0.717, 1.165) is 9.88 Å². The first kappa shape index (κ1) is 15.6. The number of benzene rings is 1. The second-order valence-electron chi connectivity index (χ2n) is 5.84. The molecule has 0 atom stereocenters. The normalized spacial score (nSPS) is 13.5. The van der Waals surface area contributed by atoms with Crippen LogP contribution < -0.4 is 20.1 Å². The summed E-state index contributed by atoms with van der Waals surface area (Å²) in [6, 6.07) is 5.04. The van der Waals surface area contributed by atoms with Gasteiger partial charge in [-0.15, -0.1) is 11.3 Å². The van der Waals surface area contributed by atoms with Crippen molar-refractivity contribution >= 4 is 23.1 Å². The van der Waals surface area contributed by atoms with E-state index in [1.54, 1.807) is 29.5 Å². The van der Waals surface area contributed by atoms with E-state index in [1.165, 1.54) is 0 Å². The summed E-state index contributed by atoms with van der Waals surface area (Å²) in [6.45, 7) is 6.90. The van der Waals surface area contributed by atoms with Crippen LogP contribution in [0.1, 0.15) is 23.7 Å². The van der Waals surface area contributed by atoms with E-state index in [-0.39, 0.29) is 6.03 Å². The highest BCUT2D eigenvalue weighted by atomic mass is 32.1. The third-order valence-electron chi connectivity index (χ3n) is 3.38. The summed E-state index contributed by atoms with van der Waals surface area (Å²) in [6.07, 6.45) is 1.81. The summed E-state index contributed by atoms with van der Waals surface area (Å²) in [5, 5.41) is 6.62. The molecule has 6 nitrogen and oxygen atoms in total. The van der Waals surface area contributed by atoms with Crippen molar-refractivity contribution in [1.29, 1.82) is 0 Å². The van der Waals surface area contributed by atoms with E-state index >= 15 is 0 Å². The fraction of sp³-hybridized carbons (Fsp3) is 0.375. The first-order valence-electron chi connectivity index (χ1n) is 7.36. The predicted molar refractivity (Wildman–Crippen MR) is 89.5 cm³/mol. The molecule has 0 unspecified atom stereocenters. The maximum Gasteiger partial charge on any atom is 0.319 e. The lowest BCUT2D eigenvalue weighted by Gasteiger charge is -2.24. The van der Waals surface area contributed by atoms with Gasteiger partial charge in [0.2, 0.25) is 0 Å². The molecule has 0 fully saturated rings. The van der Waals surface area contributed by atoms with Gasteiger partial charge in [-0.2, -0.15) is 0 Å². The summed E-state index contributed by atoms with van der Waals surface area (Å²) in [5.74, 6) is 1.34. The van der Waals surface area contributed by atoms with Crippen LogP contribution in [0.4, 0.5) is 10.5 Å². The first-order valence-corrected chi connectivity index (χ1v) is 8.17. The zero-order valence-electron chi connectivity index (χ0n) is 13.3. The van der Waals surface area contributed by atoms with Crippen LogP contribution in [0.3, 0.4) is 0 Å². The number of amides is 2. The Balaban J connectivity index is 1.67. The van der Waals surface area contributed by atoms with Crippen LogP contribution in [0.15, 0.2) is 24.4 Å². The molecule has 0 radical (unpaired) electrons. The van der Waals surface area contributed by atoms with Crippen molar-refractivity contribution in [2.75, 3.05) is 18.5 Å². The summed E-state index contributed by atoms with van der Waals surface area (Å²) in [4.78, 5) is 17.7. The van der Waals surface area contributed by atoms with Gasteiger partial charge in [-0.05, 0) is 32.9 Å². The summed E-state index contributed by atoms with van der Waals surface area (Å²) in [7, 11) is 0. The van der Waals surface area contributed by atoms with Crippen molar-refractivity contribution in [3.8, 4) is 11.5 Å². The Morgan fingerprint density at radius 3 is 2.70 bits per heavy atom. The lowest BCUT2D eigenvalue weighted by Crippen LogP contribution is -2.43. The minimum absolute atomic E-state index is 0.292. The van der Waals surface area contributed by atoms with Crippen LogP contribution in [-0.2, 0) is 5.54 Å². The van der Waals surface area contributed by atoms with Crippen molar-refractivity contribution in [1.82, 2.24) is 10.3 Å². The zero-order chi connectivity index (χ0) is 16.4. The van der Waals surface area contributed by atoms with Gasteiger partial charge in [0.05, 0.1) is 5.54 Å².